The van der Waals surface area contributed by atoms with E-state index >= 15 is 0 Å². The van der Waals surface area contributed by atoms with E-state index in [4.69, 9.17) is 11.6 Å². The molecule has 2 aromatic heterocycles. The lowest BCUT2D eigenvalue weighted by atomic mass is 10.2. The van der Waals surface area contributed by atoms with Gasteiger partial charge < -0.3 is 5.32 Å². The second kappa shape index (κ2) is 8.40. The number of carbonyl (C=O) groups excluding carboxylic acids is 1. The zero-order valence-corrected chi connectivity index (χ0v) is 16.7. The molecule has 1 N–H and O–H groups in total. The summed E-state index contributed by atoms with van der Waals surface area (Å²) < 4.78 is 15.9. The number of rotatable bonds is 6. The smallest absolute Gasteiger partial charge is 0.352 e. The summed E-state index contributed by atoms with van der Waals surface area (Å²) >= 11 is 5.89. The summed E-state index contributed by atoms with van der Waals surface area (Å²) in [7, 11) is 0. The summed E-state index contributed by atoms with van der Waals surface area (Å²) in [6.45, 7) is 7.04. The number of benzene rings is 1. The predicted octanol–water partition coefficient (Wildman–Crippen LogP) is 3.06. The Morgan fingerprint density at radius 1 is 1.34 bits per heavy atom. The van der Waals surface area contributed by atoms with Crippen molar-refractivity contribution < 1.29 is 9.18 Å². The quantitative estimate of drug-likeness (QED) is 0.670. The maximum atomic E-state index is 13.6. The molecule has 2 heterocycles. The van der Waals surface area contributed by atoms with E-state index in [0.29, 0.717) is 5.56 Å². The van der Waals surface area contributed by atoms with Crippen LogP contribution >= 0.6 is 11.6 Å². The van der Waals surface area contributed by atoms with Crippen LogP contribution in [0.25, 0.3) is 23.3 Å². The maximum absolute atomic E-state index is 13.6. The lowest BCUT2D eigenvalue weighted by molar-refractivity contribution is -0.122. The predicted molar refractivity (Wildman–Crippen MR) is 109 cm³/mol. The molecular weight excluding hydrogens is 397 g/mol. The Kier molecular flexibility index (Phi) is 5.93. The number of nitrogens with zero attached hydrogens (tertiary/aromatic N) is 4. The average Bonchev–Trinajstić information content (AvgIpc) is 3.00. The summed E-state index contributed by atoms with van der Waals surface area (Å²) in [6, 6.07) is 7.24. The molecule has 0 atom stereocenters. The van der Waals surface area contributed by atoms with Gasteiger partial charge in [-0.05, 0) is 49.7 Å². The zero-order chi connectivity index (χ0) is 21.1. The van der Waals surface area contributed by atoms with Crippen LogP contribution in [0.15, 0.2) is 47.9 Å². The van der Waals surface area contributed by atoms with Crippen LogP contribution < -0.4 is 11.0 Å². The normalized spacial score (nSPS) is 10.9. The highest BCUT2D eigenvalue weighted by Crippen LogP contribution is 2.23. The van der Waals surface area contributed by atoms with Gasteiger partial charge in [-0.2, -0.15) is 4.68 Å². The van der Waals surface area contributed by atoms with Gasteiger partial charge in [0.25, 0.3) is 0 Å². The Labute approximate surface area is 171 Å². The second-order valence-electron chi connectivity index (χ2n) is 6.61. The fraction of sp³-hybridized carbons (Fsp3) is 0.200. The van der Waals surface area contributed by atoms with E-state index < -0.39 is 11.5 Å². The monoisotopic (exact) mass is 415 g/mol. The molecule has 1 amide bonds. The van der Waals surface area contributed by atoms with E-state index in [9.17, 15) is 14.0 Å². The highest BCUT2D eigenvalue weighted by Gasteiger charge is 2.20. The van der Waals surface area contributed by atoms with Crippen LogP contribution in [0.2, 0.25) is 5.02 Å². The first-order valence-corrected chi connectivity index (χ1v) is 9.21. The summed E-state index contributed by atoms with van der Waals surface area (Å²) in [5.41, 5.74) is 0.619. The molecule has 0 fully saturated rings. The second-order valence-corrected chi connectivity index (χ2v) is 7.02. The van der Waals surface area contributed by atoms with Crippen molar-refractivity contribution in [3.63, 3.8) is 0 Å². The minimum Gasteiger partial charge on any atom is -0.352 e. The van der Waals surface area contributed by atoms with E-state index in [1.807, 2.05) is 13.8 Å². The van der Waals surface area contributed by atoms with Crippen molar-refractivity contribution in [2.24, 2.45) is 0 Å². The van der Waals surface area contributed by atoms with Crippen LogP contribution in [0.4, 0.5) is 4.39 Å². The molecule has 0 aliphatic heterocycles. The number of nitrogens with one attached hydrogen (secondary N) is 1. The van der Waals surface area contributed by atoms with Gasteiger partial charge in [0.05, 0.1) is 5.02 Å². The van der Waals surface area contributed by atoms with Gasteiger partial charge in [-0.15, -0.1) is 5.10 Å². The van der Waals surface area contributed by atoms with Gasteiger partial charge in [-0.1, -0.05) is 24.3 Å². The third-order valence-electron chi connectivity index (χ3n) is 4.02. The van der Waals surface area contributed by atoms with Gasteiger partial charge >= 0.3 is 5.69 Å². The minimum atomic E-state index is -0.594. The number of carbonyl (C=O) groups is 1. The van der Waals surface area contributed by atoms with E-state index in [1.54, 1.807) is 24.4 Å². The molecule has 1 aromatic carbocycles. The molecule has 29 heavy (non-hydrogen) atoms. The van der Waals surface area contributed by atoms with Gasteiger partial charge in [0.1, 0.15) is 12.4 Å². The third kappa shape index (κ3) is 4.43. The number of pyridine rings is 1. The Morgan fingerprint density at radius 2 is 2.10 bits per heavy atom. The third-order valence-corrected chi connectivity index (χ3v) is 4.30. The number of aromatic nitrogens is 4. The topological polar surface area (TPSA) is 81.8 Å². The van der Waals surface area contributed by atoms with Crippen LogP contribution in [0.5, 0.6) is 0 Å². The first-order chi connectivity index (χ1) is 13.8. The number of amides is 1. The Balaban J connectivity index is 2.13. The van der Waals surface area contributed by atoms with E-state index in [1.165, 1.54) is 22.8 Å². The average molecular weight is 416 g/mol. The number of halogens is 2. The van der Waals surface area contributed by atoms with Crippen molar-refractivity contribution in [3.8, 4) is 17.2 Å². The van der Waals surface area contributed by atoms with E-state index in [0.717, 1.165) is 10.2 Å². The molecule has 0 saturated carbocycles. The van der Waals surface area contributed by atoms with Gasteiger partial charge in [-0.3, -0.25) is 9.36 Å². The lowest BCUT2D eigenvalue weighted by Gasteiger charge is -2.10. The van der Waals surface area contributed by atoms with Crippen molar-refractivity contribution in [1.82, 2.24) is 24.6 Å². The van der Waals surface area contributed by atoms with E-state index in [-0.39, 0.29) is 35.2 Å². The molecule has 3 aromatic rings. The summed E-state index contributed by atoms with van der Waals surface area (Å²) in [6.07, 6.45) is 3.17. The van der Waals surface area contributed by atoms with Gasteiger partial charge in [0.15, 0.2) is 11.6 Å². The number of hydrogen-bond donors (Lipinski definition) is 1. The highest BCUT2D eigenvalue weighted by atomic mass is 35.5. The van der Waals surface area contributed by atoms with Crippen LogP contribution in [-0.2, 0) is 11.3 Å². The Morgan fingerprint density at radius 3 is 2.69 bits per heavy atom. The molecule has 0 bridgehead atoms. The van der Waals surface area contributed by atoms with Crippen LogP contribution in [-0.4, -0.2) is 31.3 Å². The van der Waals surface area contributed by atoms with Crippen LogP contribution in [0.3, 0.4) is 0 Å². The van der Waals surface area contributed by atoms with Gasteiger partial charge in [0.2, 0.25) is 5.91 Å². The first-order valence-electron chi connectivity index (χ1n) is 8.83. The molecule has 0 spiro atoms. The molecule has 3 rings (SSSR count). The standard InChI is InChI=1S/C20H19ClFN5O2/c1-4-13-5-8-17(23-10-13)27-20(29)26(11-18(28)24-12(2)3)19(25-27)14-6-7-16(22)15(21)9-14/h4-10,12H,1,11H2,2-3H3,(H,24,28). The van der Waals surface area contributed by atoms with E-state index in [2.05, 4.69) is 22.0 Å². The summed E-state index contributed by atoms with van der Waals surface area (Å²) in [4.78, 5) is 29.5. The molecule has 0 aliphatic carbocycles. The molecule has 0 saturated heterocycles. The molecule has 7 nitrogen and oxygen atoms in total. The fourth-order valence-electron chi connectivity index (χ4n) is 2.69. The largest absolute Gasteiger partial charge is 0.352 e. The number of hydrogen-bond acceptors (Lipinski definition) is 4. The molecule has 0 radical (unpaired) electrons. The van der Waals surface area contributed by atoms with Crippen molar-refractivity contribution in [3.05, 3.63) is 70.0 Å². The zero-order valence-electron chi connectivity index (χ0n) is 15.9. The first kappa shape index (κ1) is 20.5. The molecule has 150 valence electrons. The lowest BCUT2D eigenvalue weighted by Crippen LogP contribution is -2.36. The molecular formula is C20H19ClFN5O2. The summed E-state index contributed by atoms with van der Waals surface area (Å²) in [5, 5.41) is 6.95. The van der Waals surface area contributed by atoms with Crippen molar-refractivity contribution >= 4 is 23.6 Å². The Bertz CT molecular complexity index is 1120. The van der Waals surface area contributed by atoms with Crippen molar-refractivity contribution in [2.45, 2.75) is 26.4 Å². The Hall–Kier alpha value is -3.26. The maximum Gasteiger partial charge on any atom is 0.352 e. The minimum absolute atomic E-state index is 0.0925. The van der Waals surface area contributed by atoms with Crippen LogP contribution in [0.1, 0.15) is 19.4 Å². The summed E-state index contributed by atoms with van der Waals surface area (Å²) in [5.74, 6) is -0.502. The molecule has 9 heteroatoms. The highest BCUT2D eigenvalue weighted by molar-refractivity contribution is 6.31. The van der Waals surface area contributed by atoms with Crippen molar-refractivity contribution in [1.29, 1.82) is 0 Å². The van der Waals surface area contributed by atoms with Gasteiger partial charge in [0, 0.05) is 17.8 Å². The van der Waals surface area contributed by atoms with Crippen molar-refractivity contribution in [2.75, 3.05) is 0 Å². The fourth-order valence-corrected chi connectivity index (χ4v) is 2.87. The SMILES string of the molecule is C=Cc1ccc(-n2nc(-c3ccc(F)c(Cl)c3)n(CC(=O)NC(C)C)c2=O)nc1. The molecule has 0 aliphatic rings. The van der Waals surface area contributed by atoms with Crippen LogP contribution in [0, 0.1) is 5.82 Å². The van der Waals surface area contributed by atoms with Gasteiger partial charge in [-0.25, -0.2) is 14.2 Å². The molecule has 0 unspecified atom stereocenters.